The lowest BCUT2D eigenvalue weighted by Crippen LogP contribution is -2.34. The van der Waals surface area contributed by atoms with Crippen molar-refractivity contribution < 1.29 is 0 Å². The molecule has 18 heavy (non-hydrogen) atoms. The average molecular weight is 272 g/mol. The largest absolute Gasteiger partial charge is 0.388 e. The summed E-state index contributed by atoms with van der Waals surface area (Å²) in [5.41, 5.74) is 7.27. The summed E-state index contributed by atoms with van der Waals surface area (Å²) in [6.07, 6.45) is 0.576. The van der Waals surface area contributed by atoms with Crippen molar-refractivity contribution in [3.8, 4) is 0 Å². The van der Waals surface area contributed by atoms with Gasteiger partial charge in [0.25, 0.3) is 0 Å². The number of nitrogens with zero attached hydrogens (tertiary/aromatic N) is 3. The average Bonchev–Trinajstić information content (AvgIpc) is 2.49. The molecule has 0 atom stereocenters. The van der Waals surface area contributed by atoms with Crippen LogP contribution in [-0.2, 0) is 13.6 Å². The maximum atomic E-state index is 7.30. The van der Waals surface area contributed by atoms with Crippen molar-refractivity contribution in [2.45, 2.75) is 39.8 Å². The smallest absolute Gasteiger partial charge is 0.0918 e. The molecule has 3 N–H and O–H groups in total. The molecule has 102 valence electrons. The summed E-state index contributed by atoms with van der Waals surface area (Å²) in [7, 11) is 1.90. The van der Waals surface area contributed by atoms with Crippen molar-refractivity contribution in [2.75, 3.05) is 6.54 Å². The van der Waals surface area contributed by atoms with Crippen molar-refractivity contribution >= 4 is 17.4 Å². The Morgan fingerprint density at radius 1 is 1.56 bits per heavy atom. The SMILES string of the molecule is Cc1nn(C)c(CN(CCC(=N)N)C(C)C)c1Cl. The van der Waals surface area contributed by atoms with Crippen molar-refractivity contribution in [3.63, 3.8) is 0 Å². The van der Waals surface area contributed by atoms with Gasteiger partial charge in [0.1, 0.15) is 0 Å². The molecular formula is C12H22ClN5. The van der Waals surface area contributed by atoms with Gasteiger partial charge in [0.15, 0.2) is 0 Å². The summed E-state index contributed by atoms with van der Waals surface area (Å²) in [5.74, 6) is 0.216. The molecule has 0 radical (unpaired) electrons. The Morgan fingerprint density at radius 3 is 2.56 bits per heavy atom. The molecule has 1 rings (SSSR count). The second kappa shape index (κ2) is 6.20. The van der Waals surface area contributed by atoms with Gasteiger partial charge >= 0.3 is 0 Å². The molecule has 1 aromatic rings. The second-order valence-electron chi connectivity index (χ2n) is 4.81. The molecule has 0 fully saturated rings. The molecule has 0 unspecified atom stereocenters. The van der Waals surface area contributed by atoms with E-state index in [1.807, 2.05) is 18.7 Å². The highest BCUT2D eigenvalue weighted by atomic mass is 35.5. The van der Waals surface area contributed by atoms with Gasteiger partial charge in [0, 0.05) is 32.6 Å². The summed E-state index contributed by atoms with van der Waals surface area (Å²) in [5, 5.41) is 12.3. The minimum atomic E-state index is 0.216. The predicted molar refractivity (Wildman–Crippen MR) is 75.0 cm³/mol. The molecule has 0 saturated heterocycles. The predicted octanol–water partition coefficient (Wildman–Crippen LogP) is 1.92. The molecule has 0 aliphatic heterocycles. The fraction of sp³-hybridized carbons (Fsp3) is 0.667. The van der Waals surface area contributed by atoms with Gasteiger partial charge in [-0.3, -0.25) is 15.0 Å². The van der Waals surface area contributed by atoms with Crippen LogP contribution in [0.15, 0.2) is 0 Å². The van der Waals surface area contributed by atoms with Crippen molar-refractivity contribution in [1.29, 1.82) is 5.41 Å². The minimum absolute atomic E-state index is 0.216. The second-order valence-corrected chi connectivity index (χ2v) is 5.19. The van der Waals surface area contributed by atoms with Gasteiger partial charge in [0.05, 0.1) is 22.2 Å². The van der Waals surface area contributed by atoms with E-state index in [1.165, 1.54) is 0 Å². The van der Waals surface area contributed by atoms with E-state index in [9.17, 15) is 0 Å². The van der Waals surface area contributed by atoms with Crippen LogP contribution in [0.5, 0.6) is 0 Å². The number of halogens is 1. The van der Waals surface area contributed by atoms with E-state index in [0.717, 1.165) is 29.5 Å². The maximum absolute atomic E-state index is 7.30. The first-order valence-corrected chi connectivity index (χ1v) is 6.45. The highest BCUT2D eigenvalue weighted by Crippen LogP contribution is 2.21. The maximum Gasteiger partial charge on any atom is 0.0918 e. The number of nitrogens with one attached hydrogen (secondary N) is 1. The fourth-order valence-electron chi connectivity index (χ4n) is 1.83. The van der Waals surface area contributed by atoms with Crippen molar-refractivity contribution in [3.05, 3.63) is 16.4 Å². The molecule has 0 saturated carbocycles. The number of hydrogen-bond donors (Lipinski definition) is 2. The molecule has 1 heterocycles. The standard InChI is InChI=1S/C12H22ClN5/c1-8(2)18(6-5-11(14)15)7-10-12(13)9(3)16-17(10)4/h8H,5-7H2,1-4H3,(H3,14,15). The van der Waals surface area contributed by atoms with Crippen LogP contribution in [0.25, 0.3) is 0 Å². The van der Waals surface area contributed by atoms with Crippen molar-refractivity contribution in [2.24, 2.45) is 12.8 Å². The molecular weight excluding hydrogens is 250 g/mol. The zero-order valence-corrected chi connectivity index (χ0v) is 12.3. The van der Waals surface area contributed by atoms with Gasteiger partial charge < -0.3 is 5.73 Å². The van der Waals surface area contributed by atoms with Gasteiger partial charge in [-0.2, -0.15) is 5.10 Å². The lowest BCUT2D eigenvalue weighted by molar-refractivity contribution is 0.213. The number of aryl methyl sites for hydroxylation is 2. The van der Waals surface area contributed by atoms with E-state index < -0.39 is 0 Å². The monoisotopic (exact) mass is 271 g/mol. The number of hydrogen-bond acceptors (Lipinski definition) is 3. The summed E-state index contributed by atoms with van der Waals surface area (Å²) in [4.78, 5) is 2.24. The molecule has 0 aliphatic rings. The Hall–Kier alpha value is -1.07. The Morgan fingerprint density at radius 2 is 2.17 bits per heavy atom. The van der Waals surface area contributed by atoms with Crippen molar-refractivity contribution in [1.82, 2.24) is 14.7 Å². The Labute approximate surface area is 113 Å². The van der Waals surface area contributed by atoms with Crippen LogP contribution in [0.3, 0.4) is 0 Å². The Kier molecular flexibility index (Phi) is 5.16. The molecule has 0 amide bonds. The third-order valence-corrected chi connectivity index (χ3v) is 3.50. The highest BCUT2D eigenvalue weighted by molar-refractivity contribution is 6.31. The summed E-state index contributed by atoms with van der Waals surface area (Å²) in [6.45, 7) is 7.63. The molecule has 0 aliphatic carbocycles. The summed E-state index contributed by atoms with van der Waals surface area (Å²) in [6, 6.07) is 0.371. The van der Waals surface area contributed by atoms with Gasteiger partial charge in [-0.1, -0.05) is 11.6 Å². The highest BCUT2D eigenvalue weighted by Gasteiger charge is 2.17. The zero-order chi connectivity index (χ0) is 13.9. The van der Waals surface area contributed by atoms with Gasteiger partial charge in [-0.25, -0.2) is 0 Å². The van der Waals surface area contributed by atoms with Crippen LogP contribution in [0.1, 0.15) is 31.7 Å². The first kappa shape index (κ1) is 15.0. The van der Waals surface area contributed by atoms with E-state index >= 15 is 0 Å². The normalized spacial score (nSPS) is 11.5. The molecule has 0 bridgehead atoms. The number of rotatable bonds is 6. The topological polar surface area (TPSA) is 70.9 Å². The van der Waals surface area contributed by atoms with Crippen LogP contribution in [0.4, 0.5) is 0 Å². The summed E-state index contributed by atoms with van der Waals surface area (Å²) >= 11 is 6.25. The molecule has 0 aromatic carbocycles. The quantitative estimate of drug-likeness (QED) is 0.613. The number of aromatic nitrogens is 2. The molecule has 0 spiro atoms. The zero-order valence-electron chi connectivity index (χ0n) is 11.5. The molecule has 5 nitrogen and oxygen atoms in total. The minimum Gasteiger partial charge on any atom is -0.388 e. The van der Waals surface area contributed by atoms with Crippen LogP contribution in [-0.4, -0.2) is 33.1 Å². The third kappa shape index (κ3) is 3.71. The van der Waals surface area contributed by atoms with Crippen LogP contribution < -0.4 is 5.73 Å². The van der Waals surface area contributed by atoms with Crippen LogP contribution in [0, 0.1) is 12.3 Å². The van der Waals surface area contributed by atoms with Gasteiger partial charge in [-0.05, 0) is 20.8 Å². The number of amidine groups is 1. The Bertz CT molecular complexity index is 424. The molecule has 1 aromatic heterocycles. The molecule has 6 heteroatoms. The first-order valence-electron chi connectivity index (χ1n) is 6.07. The third-order valence-electron chi connectivity index (χ3n) is 3.01. The fourth-order valence-corrected chi connectivity index (χ4v) is 2.05. The van der Waals surface area contributed by atoms with E-state index in [0.29, 0.717) is 12.5 Å². The van der Waals surface area contributed by atoms with E-state index in [-0.39, 0.29) is 5.84 Å². The van der Waals surface area contributed by atoms with Gasteiger partial charge in [0.2, 0.25) is 0 Å². The van der Waals surface area contributed by atoms with Gasteiger partial charge in [-0.15, -0.1) is 0 Å². The van der Waals surface area contributed by atoms with Crippen LogP contribution >= 0.6 is 11.6 Å². The number of nitrogens with two attached hydrogens (primary N) is 1. The van der Waals surface area contributed by atoms with E-state index in [1.54, 1.807) is 0 Å². The van der Waals surface area contributed by atoms with E-state index in [4.69, 9.17) is 22.7 Å². The lowest BCUT2D eigenvalue weighted by Gasteiger charge is -2.26. The lowest BCUT2D eigenvalue weighted by atomic mass is 10.2. The Balaban J connectivity index is 2.80. The first-order chi connectivity index (χ1) is 8.32. The van der Waals surface area contributed by atoms with Crippen LogP contribution in [0.2, 0.25) is 5.02 Å². The van der Waals surface area contributed by atoms with E-state index in [2.05, 4.69) is 23.8 Å². The summed E-state index contributed by atoms with van der Waals surface area (Å²) < 4.78 is 1.82.